The standard InChI is InChI=1S/C12H17N5O2.C7H8.C4H10/c1-2-3-4-11(18)7-14-12(19)9-17-8-10(5-6-13)15-16-17;1-7-5-3-2-4-6-7;1-4(2)3/h8H,2-5,7,9H2,1H3,(H,14,19);2-6H,1H3;4H,1-3H3. The van der Waals surface area contributed by atoms with Crippen molar-refractivity contribution in [1.29, 1.82) is 5.26 Å². The molecule has 1 amide bonds. The van der Waals surface area contributed by atoms with E-state index in [0.717, 1.165) is 18.8 Å². The fourth-order valence-corrected chi connectivity index (χ4v) is 1.97. The van der Waals surface area contributed by atoms with Crippen LogP contribution in [0.5, 0.6) is 0 Å². The lowest BCUT2D eigenvalue weighted by molar-refractivity contribution is -0.125. The predicted octanol–water partition coefficient (Wildman–Crippen LogP) is 3.88. The Morgan fingerprint density at radius 3 is 2.33 bits per heavy atom. The number of amides is 1. The first-order valence-electron chi connectivity index (χ1n) is 10.3. The van der Waals surface area contributed by atoms with Gasteiger partial charge >= 0.3 is 0 Å². The second kappa shape index (κ2) is 16.9. The maximum atomic E-state index is 11.5. The van der Waals surface area contributed by atoms with Crippen molar-refractivity contribution >= 4 is 11.7 Å². The van der Waals surface area contributed by atoms with Crippen LogP contribution in [-0.4, -0.2) is 33.2 Å². The Hall–Kier alpha value is -3.01. The molecular formula is C23H35N5O2. The number of hydrogen-bond donors (Lipinski definition) is 1. The van der Waals surface area contributed by atoms with Gasteiger partial charge in [0.15, 0.2) is 5.78 Å². The molecule has 1 aromatic heterocycles. The third-order valence-electron chi connectivity index (χ3n) is 3.38. The van der Waals surface area contributed by atoms with Crippen LogP contribution in [-0.2, 0) is 22.6 Å². The molecule has 0 saturated heterocycles. The number of Topliss-reactive ketones (excluding diaryl/α,β-unsaturated/α-hetero) is 1. The third-order valence-corrected chi connectivity index (χ3v) is 3.38. The molecule has 1 aromatic carbocycles. The highest BCUT2D eigenvalue weighted by atomic mass is 16.2. The summed E-state index contributed by atoms with van der Waals surface area (Å²) in [6, 6.07) is 12.2. The monoisotopic (exact) mass is 413 g/mol. The molecule has 0 spiro atoms. The summed E-state index contributed by atoms with van der Waals surface area (Å²) in [5.74, 6) is 0.567. The lowest BCUT2D eigenvalue weighted by Gasteiger charge is -2.03. The van der Waals surface area contributed by atoms with E-state index in [1.54, 1.807) is 6.20 Å². The number of carbonyl (C=O) groups is 2. The zero-order chi connectivity index (χ0) is 22.8. The van der Waals surface area contributed by atoms with Crippen molar-refractivity contribution in [2.75, 3.05) is 6.54 Å². The molecule has 7 nitrogen and oxygen atoms in total. The van der Waals surface area contributed by atoms with Crippen molar-refractivity contribution in [3.63, 3.8) is 0 Å². The number of ketones is 1. The molecule has 0 atom stereocenters. The minimum absolute atomic E-state index is 0.000510. The number of nitrogens with one attached hydrogen (secondary N) is 1. The molecule has 0 fully saturated rings. The van der Waals surface area contributed by atoms with Crippen molar-refractivity contribution in [1.82, 2.24) is 20.3 Å². The highest BCUT2D eigenvalue weighted by Gasteiger charge is 2.08. The maximum absolute atomic E-state index is 11.5. The van der Waals surface area contributed by atoms with E-state index in [0.29, 0.717) is 12.1 Å². The van der Waals surface area contributed by atoms with Crippen molar-refractivity contribution in [3.8, 4) is 6.07 Å². The van der Waals surface area contributed by atoms with Crippen molar-refractivity contribution in [2.24, 2.45) is 5.92 Å². The number of carbonyl (C=O) groups excluding carboxylic acids is 2. The minimum atomic E-state index is -0.293. The molecule has 2 rings (SSSR count). The second-order valence-corrected chi connectivity index (χ2v) is 7.55. The van der Waals surface area contributed by atoms with Crippen LogP contribution in [0.4, 0.5) is 0 Å². The van der Waals surface area contributed by atoms with Crippen LogP contribution < -0.4 is 5.32 Å². The Bertz CT molecular complexity index is 761. The van der Waals surface area contributed by atoms with E-state index in [1.165, 1.54) is 10.2 Å². The maximum Gasteiger partial charge on any atom is 0.242 e. The molecule has 1 heterocycles. The van der Waals surface area contributed by atoms with Crippen LogP contribution >= 0.6 is 0 Å². The normalized spacial score (nSPS) is 9.50. The molecule has 0 radical (unpaired) electrons. The Kier molecular flexibility index (Phi) is 15.2. The Balaban J connectivity index is 0.000000623. The second-order valence-electron chi connectivity index (χ2n) is 7.55. The van der Waals surface area contributed by atoms with Crippen LogP contribution in [0.3, 0.4) is 0 Å². The van der Waals surface area contributed by atoms with Gasteiger partial charge in [0.05, 0.1) is 30.9 Å². The summed E-state index contributed by atoms with van der Waals surface area (Å²) >= 11 is 0. The zero-order valence-electron chi connectivity index (χ0n) is 18.9. The van der Waals surface area contributed by atoms with Crippen LogP contribution in [0, 0.1) is 24.2 Å². The fraction of sp³-hybridized carbons (Fsp3) is 0.522. The molecule has 0 aliphatic heterocycles. The van der Waals surface area contributed by atoms with Gasteiger partial charge in [0.1, 0.15) is 6.54 Å². The van der Waals surface area contributed by atoms with E-state index in [2.05, 4.69) is 55.5 Å². The van der Waals surface area contributed by atoms with Gasteiger partial charge < -0.3 is 5.32 Å². The summed E-state index contributed by atoms with van der Waals surface area (Å²) in [4.78, 5) is 22.9. The number of rotatable bonds is 8. The molecule has 0 aliphatic carbocycles. The summed E-state index contributed by atoms with van der Waals surface area (Å²) < 4.78 is 1.35. The van der Waals surface area contributed by atoms with E-state index in [1.807, 2.05) is 31.2 Å². The number of aromatic nitrogens is 3. The number of nitriles is 1. The number of aryl methyl sites for hydroxylation is 1. The summed E-state index contributed by atoms with van der Waals surface area (Å²) in [5, 5.41) is 18.5. The van der Waals surface area contributed by atoms with Gasteiger partial charge in [-0.2, -0.15) is 5.26 Å². The van der Waals surface area contributed by atoms with Gasteiger partial charge in [-0.1, -0.05) is 75.2 Å². The van der Waals surface area contributed by atoms with Crippen molar-refractivity contribution < 1.29 is 9.59 Å². The number of hydrogen-bond acceptors (Lipinski definition) is 5. The Morgan fingerprint density at radius 2 is 1.83 bits per heavy atom. The smallest absolute Gasteiger partial charge is 0.242 e. The summed E-state index contributed by atoms with van der Waals surface area (Å²) in [6.07, 6.45) is 4.00. The first kappa shape index (κ1) is 27.0. The van der Waals surface area contributed by atoms with E-state index in [4.69, 9.17) is 5.26 Å². The molecular weight excluding hydrogens is 378 g/mol. The topological polar surface area (TPSA) is 101 Å². The molecule has 1 N–H and O–H groups in total. The van der Waals surface area contributed by atoms with Gasteiger partial charge in [-0.05, 0) is 19.3 Å². The lowest BCUT2D eigenvalue weighted by Crippen LogP contribution is -2.32. The molecule has 0 aliphatic rings. The molecule has 0 bridgehead atoms. The SMILES string of the molecule is CC(C)C.CCCCC(=O)CNC(=O)Cn1cc(CC#N)nn1.Cc1ccccc1. The first-order chi connectivity index (χ1) is 14.3. The van der Waals surface area contributed by atoms with E-state index in [-0.39, 0.29) is 31.2 Å². The number of unbranched alkanes of at least 4 members (excludes halogenated alkanes) is 1. The first-order valence-corrected chi connectivity index (χ1v) is 10.3. The quantitative estimate of drug-likeness (QED) is 0.708. The molecule has 0 saturated carbocycles. The molecule has 164 valence electrons. The molecule has 2 aromatic rings. The van der Waals surface area contributed by atoms with Crippen LogP contribution in [0.2, 0.25) is 0 Å². The molecule has 7 heteroatoms. The van der Waals surface area contributed by atoms with E-state index < -0.39 is 0 Å². The Labute approximate surface area is 180 Å². The Morgan fingerprint density at radius 1 is 1.20 bits per heavy atom. The summed E-state index contributed by atoms with van der Waals surface area (Å²) in [6.45, 7) is 10.6. The summed E-state index contributed by atoms with van der Waals surface area (Å²) in [5.41, 5.74) is 1.84. The highest BCUT2D eigenvalue weighted by molar-refractivity contribution is 5.85. The predicted molar refractivity (Wildman–Crippen MR) is 119 cm³/mol. The third kappa shape index (κ3) is 16.0. The number of nitrogens with zero attached hydrogens (tertiary/aromatic N) is 4. The molecule has 0 unspecified atom stereocenters. The zero-order valence-corrected chi connectivity index (χ0v) is 18.9. The van der Waals surface area contributed by atoms with E-state index in [9.17, 15) is 9.59 Å². The van der Waals surface area contributed by atoms with Crippen molar-refractivity contribution in [2.45, 2.75) is 66.8 Å². The van der Waals surface area contributed by atoms with Gasteiger partial charge in [-0.25, -0.2) is 4.68 Å². The van der Waals surface area contributed by atoms with Gasteiger partial charge in [-0.15, -0.1) is 5.10 Å². The van der Waals surface area contributed by atoms with Crippen LogP contribution in [0.25, 0.3) is 0 Å². The largest absolute Gasteiger partial charge is 0.347 e. The van der Waals surface area contributed by atoms with Crippen LogP contribution in [0.1, 0.15) is 58.2 Å². The summed E-state index contributed by atoms with van der Waals surface area (Å²) in [7, 11) is 0. The van der Waals surface area contributed by atoms with Crippen LogP contribution in [0.15, 0.2) is 36.5 Å². The highest BCUT2D eigenvalue weighted by Crippen LogP contribution is 1.95. The molecule has 30 heavy (non-hydrogen) atoms. The van der Waals surface area contributed by atoms with Gasteiger partial charge in [0.2, 0.25) is 5.91 Å². The van der Waals surface area contributed by atoms with Gasteiger partial charge in [0, 0.05) is 6.42 Å². The average molecular weight is 414 g/mol. The van der Waals surface area contributed by atoms with Gasteiger partial charge in [0.25, 0.3) is 0 Å². The van der Waals surface area contributed by atoms with Crippen molar-refractivity contribution in [3.05, 3.63) is 47.8 Å². The van der Waals surface area contributed by atoms with Gasteiger partial charge in [-0.3, -0.25) is 9.59 Å². The minimum Gasteiger partial charge on any atom is -0.347 e. The van der Waals surface area contributed by atoms with E-state index >= 15 is 0 Å². The average Bonchev–Trinajstić information content (AvgIpc) is 3.12. The number of benzene rings is 1. The fourth-order valence-electron chi connectivity index (χ4n) is 1.97. The lowest BCUT2D eigenvalue weighted by atomic mass is 10.2.